The zero-order valence-corrected chi connectivity index (χ0v) is 10.1. The lowest BCUT2D eigenvalue weighted by molar-refractivity contribution is 0.471. The van der Waals surface area contributed by atoms with Crippen LogP contribution in [0.25, 0.3) is 10.9 Å². The Morgan fingerprint density at radius 1 is 1.12 bits per heavy atom. The Morgan fingerprint density at radius 2 is 1.81 bits per heavy atom. The third-order valence-electron chi connectivity index (χ3n) is 2.66. The average Bonchev–Trinajstić information content (AvgIpc) is 2.17. The van der Waals surface area contributed by atoms with Gasteiger partial charge in [-0.05, 0) is 24.6 Å². The molecule has 1 aromatic carbocycles. The molecule has 0 bridgehead atoms. The lowest BCUT2D eigenvalue weighted by Gasteiger charge is -2.19. The lowest BCUT2D eigenvalue weighted by atomic mass is 9.89. The molecule has 3 heteroatoms. The van der Waals surface area contributed by atoms with Crippen molar-refractivity contribution in [2.24, 2.45) is 0 Å². The molecular weight excluding hydrogens is 200 g/mol. The number of phenolic OH excluding ortho intramolecular Hbond substituents is 1. The fourth-order valence-corrected chi connectivity index (χ4v) is 1.79. The summed E-state index contributed by atoms with van der Waals surface area (Å²) in [4.78, 5) is 8.56. The first-order valence-electron chi connectivity index (χ1n) is 5.34. The van der Waals surface area contributed by atoms with Gasteiger partial charge in [0.15, 0.2) is 0 Å². The molecular formula is C13H16N2O. The van der Waals surface area contributed by atoms with E-state index in [4.69, 9.17) is 0 Å². The molecule has 3 nitrogen and oxygen atoms in total. The maximum Gasteiger partial charge on any atom is 0.119 e. The summed E-state index contributed by atoms with van der Waals surface area (Å²) in [6.07, 6.45) is 1.58. The normalized spacial score (nSPS) is 12.0. The molecule has 0 saturated heterocycles. The van der Waals surface area contributed by atoms with Crippen LogP contribution in [-0.2, 0) is 5.41 Å². The summed E-state index contributed by atoms with van der Waals surface area (Å²) < 4.78 is 0. The Balaban J connectivity index is 2.82. The van der Waals surface area contributed by atoms with Crippen LogP contribution in [0, 0.1) is 6.92 Å². The highest BCUT2D eigenvalue weighted by Gasteiger charge is 2.19. The molecule has 1 N–H and O–H groups in total. The van der Waals surface area contributed by atoms with E-state index in [9.17, 15) is 5.11 Å². The third kappa shape index (κ3) is 1.73. The van der Waals surface area contributed by atoms with E-state index in [0.29, 0.717) is 5.75 Å². The number of aryl methyl sites for hydroxylation is 1. The first-order chi connectivity index (χ1) is 7.39. The summed E-state index contributed by atoms with van der Waals surface area (Å²) in [6, 6.07) is 3.65. The number of rotatable bonds is 0. The number of aromatic nitrogens is 2. The highest BCUT2D eigenvalue weighted by atomic mass is 16.3. The predicted molar refractivity (Wildman–Crippen MR) is 64.6 cm³/mol. The van der Waals surface area contributed by atoms with Gasteiger partial charge in [0.2, 0.25) is 0 Å². The average molecular weight is 216 g/mol. The van der Waals surface area contributed by atoms with E-state index >= 15 is 0 Å². The van der Waals surface area contributed by atoms with Crippen molar-refractivity contribution < 1.29 is 5.11 Å². The molecule has 1 aromatic heterocycles. The van der Waals surface area contributed by atoms with E-state index in [1.165, 1.54) is 0 Å². The molecule has 0 aliphatic carbocycles. The minimum absolute atomic E-state index is 0.0527. The largest absolute Gasteiger partial charge is 0.508 e. The second kappa shape index (κ2) is 3.44. The van der Waals surface area contributed by atoms with Crippen LogP contribution in [0.1, 0.15) is 32.0 Å². The summed E-state index contributed by atoms with van der Waals surface area (Å²) in [5.74, 6) is 0.299. The van der Waals surface area contributed by atoms with Crippen LogP contribution in [0.3, 0.4) is 0 Å². The maximum absolute atomic E-state index is 9.75. The third-order valence-corrected chi connectivity index (χ3v) is 2.66. The van der Waals surface area contributed by atoms with Crippen molar-refractivity contribution in [3.05, 3.63) is 29.7 Å². The van der Waals surface area contributed by atoms with Crippen LogP contribution in [0.2, 0.25) is 0 Å². The molecule has 0 aliphatic rings. The predicted octanol–water partition coefficient (Wildman–Crippen LogP) is 2.94. The van der Waals surface area contributed by atoms with Gasteiger partial charge in [-0.15, -0.1) is 0 Å². The van der Waals surface area contributed by atoms with Gasteiger partial charge in [0.25, 0.3) is 0 Å². The van der Waals surface area contributed by atoms with Crippen LogP contribution >= 0.6 is 0 Å². The van der Waals surface area contributed by atoms with E-state index < -0.39 is 0 Å². The number of phenols is 1. The smallest absolute Gasteiger partial charge is 0.119 e. The number of hydrogen-bond donors (Lipinski definition) is 1. The van der Waals surface area contributed by atoms with Gasteiger partial charge >= 0.3 is 0 Å². The molecule has 16 heavy (non-hydrogen) atoms. The van der Waals surface area contributed by atoms with E-state index in [1.807, 2.05) is 13.0 Å². The van der Waals surface area contributed by atoms with Gasteiger partial charge in [0.05, 0.1) is 11.2 Å². The molecule has 0 radical (unpaired) electrons. The molecule has 2 aromatic rings. The molecule has 0 fully saturated rings. The first-order valence-corrected chi connectivity index (χ1v) is 5.34. The molecule has 0 saturated carbocycles. The maximum atomic E-state index is 9.75. The molecule has 0 unspecified atom stereocenters. The monoisotopic (exact) mass is 216 g/mol. The summed E-state index contributed by atoms with van der Waals surface area (Å²) in [5.41, 5.74) is 2.64. The Labute approximate surface area is 95.2 Å². The second-order valence-electron chi connectivity index (χ2n) is 5.13. The summed E-state index contributed by atoms with van der Waals surface area (Å²) in [5, 5.41) is 10.7. The highest BCUT2D eigenvalue weighted by molar-refractivity contribution is 5.84. The van der Waals surface area contributed by atoms with Crippen LogP contribution < -0.4 is 0 Å². The van der Waals surface area contributed by atoms with Crippen LogP contribution in [0.4, 0.5) is 0 Å². The highest BCUT2D eigenvalue weighted by Crippen LogP contribution is 2.30. The van der Waals surface area contributed by atoms with Gasteiger partial charge in [0, 0.05) is 10.8 Å². The zero-order chi connectivity index (χ0) is 11.9. The van der Waals surface area contributed by atoms with Crippen molar-refractivity contribution in [2.45, 2.75) is 33.1 Å². The van der Waals surface area contributed by atoms with E-state index in [2.05, 4.69) is 30.7 Å². The van der Waals surface area contributed by atoms with Crippen molar-refractivity contribution in [3.8, 4) is 5.75 Å². The topological polar surface area (TPSA) is 46.0 Å². The van der Waals surface area contributed by atoms with Gasteiger partial charge in [-0.3, -0.25) is 0 Å². The van der Waals surface area contributed by atoms with Gasteiger partial charge in [0.1, 0.15) is 12.1 Å². The summed E-state index contributed by atoms with van der Waals surface area (Å²) in [6.45, 7) is 8.18. The number of nitrogens with zero attached hydrogens (tertiary/aromatic N) is 2. The van der Waals surface area contributed by atoms with E-state index in [1.54, 1.807) is 12.4 Å². The van der Waals surface area contributed by atoms with Gasteiger partial charge in [-0.25, -0.2) is 9.97 Å². The van der Waals surface area contributed by atoms with Gasteiger partial charge < -0.3 is 5.11 Å². The molecule has 2 rings (SSSR count). The van der Waals surface area contributed by atoms with E-state index in [-0.39, 0.29) is 5.41 Å². The first kappa shape index (κ1) is 10.9. The Hall–Kier alpha value is -1.64. The second-order valence-corrected chi connectivity index (χ2v) is 5.13. The SMILES string of the molecule is Cc1cc2ncnc(C(C)(C)C)c2cc1O. The number of fused-ring (bicyclic) bond motifs is 1. The summed E-state index contributed by atoms with van der Waals surface area (Å²) in [7, 11) is 0. The van der Waals surface area contributed by atoms with Crippen molar-refractivity contribution in [3.63, 3.8) is 0 Å². The quantitative estimate of drug-likeness (QED) is 0.736. The fourth-order valence-electron chi connectivity index (χ4n) is 1.79. The number of benzene rings is 1. The molecule has 0 aliphatic heterocycles. The standard InChI is InChI=1S/C13H16N2O/c1-8-5-10-9(6-11(8)16)12(13(2,3)4)15-7-14-10/h5-7,16H,1-4H3. The minimum atomic E-state index is -0.0527. The number of hydrogen-bond acceptors (Lipinski definition) is 3. The fraction of sp³-hybridized carbons (Fsp3) is 0.385. The van der Waals surface area contributed by atoms with Crippen molar-refractivity contribution >= 4 is 10.9 Å². The van der Waals surface area contributed by atoms with Gasteiger partial charge in [-0.2, -0.15) is 0 Å². The Bertz CT molecular complexity index is 541. The van der Waals surface area contributed by atoms with Crippen LogP contribution in [-0.4, -0.2) is 15.1 Å². The minimum Gasteiger partial charge on any atom is -0.508 e. The molecule has 0 amide bonds. The molecule has 0 atom stereocenters. The molecule has 1 heterocycles. The van der Waals surface area contributed by atoms with E-state index in [0.717, 1.165) is 22.2 Å². The van der Waals surface area contributed by atoms with Gasteiger partial charge in [-0.1, -0.05) is 20.8 Å². The van der Waals surface area contributed by atoms with Crippen LogP contribution in [0.15, 0.2) is 18.5 Å². The Morgan fingerprint density at radius 3 is 2.44 bits per heavy atom. The zero-order valence-electron chi connectivity index (χ0n) is 10.1. The van der Waals surface area contributed by atoms with Crippen molar-refractivity contribution in [1.29, 1.82) is 0 Å². The summed E-state index contributed by atoms with van der Waals surface area (Å²) >= 11 is 0. The molecule has 0 spiro atoms. The van der Waals surface area contributed by atoms with Crippen LogP contribution in [0.5, 0.6) is 5.75 Å². The lowest BCUT2D eigenvalue weighted by Crippen LogP contribution is -2.14. The van der Waals surface area contributed by atoms with Crippen molar-refractivity contribution in [2.75, 3.05) is 0 Å². The number of aromatic hydroxyl groups is 1. The molecule has 84 valence electrons. The Kier molecular flexibility index (Phi) is 2.34. The van der Waals surface area contributed by atoms with Crippen molar-refractivity contribution in [1.82, 2.24) is 9.97 Å².